The molecule has 3 aromatic carbocycles. The summed E-state index contributed by atoms with van der Waals surface area (Å²) in [4.78, 5) is 0. The summed E-state index contributed by atoms with van der Waals surface area (Å²) < 4.78 is 5.68. The van der Waals surface area contributed by atoms with E-state index in [9.17, 15) is 0 Å². The molecule has 0 fully saturated rings. The maximum atomic E-state index is 5.68. The molecule has 0 unspecified atom stereocenters. The van der Waals surface area contributed by atoms with Crippen molar-refractivity contribution in [3.63, 3.8) is 0 Å². The van der Waals surface area contributed by atoms with Gasteiger partial charge in [-0.05, 0) is 71.9 Å². The van der Waals surface area contributed by atoms with Crippen LogP contribution in [0.1, 0.15) is 48.4 Å². The number of unbranched alkanes of at least 4 members (excludes halogenated alkanes) is 1. The van der Waals surface area contributed by atoms with Crippen molar-refractivity contribution in [2.24, 2.45) is 0 Å². The molecule has 3 rings (SSSR count). The first-order chi connectivity index (χ1) is 15.8. The van der Waals surface area contributed by atoms with Crippen LogP contribution in [0, 0.1) is 0 Å². The number of benzene rings is 3. The molecule has 32 heavy (non-hydrogen) atoms. The molecule has 0 amide bonds. The van der Waals surface area contributed by atoms with Crippen LogP contribution in [0.25, 0.3) is 11.1 Å². The van der Waals surface area contributed by atoms with Gasteiger partial charge in [-0.25, -0.2) is 0 Å². The molecule has 0 bridgehead atoms. The van der Waals surface area contributed by atoms with Crippen LogP contribution in [0.5, 0.6) is 0 Å². The summed E-state index contributed by atoms with van der Waals surface area (Å²) >= 11 is 0. The maximum absolute atomic E-state index is 5.68. The molecule has 0 radical (unpaired) electrons. The summed E-state index contributed by atoms with van der Waals surface area (Å²) in [7, 11) is 0. The summed E-state index contributed by atoms with van der Waals surface area (Å²) in [5.41, 5.74) is 7.93. The molecular formula is C31H36O. The minimum absolute atomic E-state index is 0.656. The lowest BCUT2D eigenvalue weighted by Crippen LogP contribution is -1.93. The lowest BCUT2D eigenvalue weighted by atomic mass is 9.99. The van der Waals surface area contributed by atoms with Gasteiger partial charge in [0.2, 0.25) is 0 Å². The molecule has 0 saturated carbocycles. The van der Waals surface area contributed by atoms with E-state index in [1.807, 2.05) is 6.08 Å². The Kier molecular flexibility index (Phi) is 10.0. The van der Waals surface area contributed by atoms with E-state index >= 15 is 0 Å². The van der Waals surface area contributed by atoms with Crippen molar-refractivity contribution < 1.29 is 4.74 Å². The van der Waals surface area contributed by atoms with Crippen molar-refractivity contribution >= 4 is 0 Å². The Balaban J connectivity index is 1.47. The average Bonchev–Trinajstić information content (AvgIpc) is 2.84. The second kappa shape index (κ2) is 13.5. The van der Waals surface area contributed by atoms with Crippen LogP contribution >= 0.6 is 0 Å². The fraction of sp³-hybridized carbons (Fsp3) is 0.290. The van der Waals surface area contributed by atoms with Crippen LogP contribution in [0.2, 0.25) is 0 Å². The van der Waals surface area contributed by atoms with Crippen LogP contribution < -0.4 is 0 Å². The molecule has 0 aliphatic carbocycles. The first-order valence-electron chi connectivity index (χ1n) is 11.9. The van der Waals surface area contributed by atoms with Gasteiger partial charge in [-0.2, -0.15) is 0 Å². The minimum atomic E-state index is 0.656. The van der Waals surface area contributed by atoms with E-state index < -0.39 is 0 Å². The van der Waals surface area contributed by atoms with E-state index in [2.05, 4.69) is 98.5 Å². The molecule has 166 valence electrons. The smallest absolute Gasteiger partial charge is 0.0721 e. The first kappa shape index (κ1) is 23.8. The third-order valence-electron chi connectivity index (χ3n) is 5.73. The van der Waals surface area contributed by atoms with Gasteiger partial charge in [0, 0.05) is 0 Å². The molecule has 0 N–H and O–H groups in total. The highest BCUT2D eigenvalue weighted by atomic mass is 16.5. The van der Waals surface area contributed by atoms with Crippen molar-refractivity contribution in [1.29, 1.82) is 0 Å². The molecule has 0 aromatic heterocycles. The normalized spacial score (nSPS) is 11.2. The summed E-state index contributed by atoms with van der Waals surface area (Å²) in [6, 6.07) is 26.8. The zero-order valence-electron chi connectivity index (χ0n) is 19.4. The van der Waals surface area contributed by atoms with Gasteiger partial charge in [0.25, 0.3) is 0 Å². The van der Waals surface area contributed by atoms with Crippen LogP contribution in [-0.2, 0) is 30.6 Å². The molecular weight excluding hydrogens is 388 g/mol. The maximum Gasteiger partial charge on any atom is 0.0721 e. The van der Waals surface area contributed by atoms with Crippen LogP contribution in [-0.4, -0.2) is 6.61 Å². The zero-order valence-corrected chi connectivity index (χ0v) is 19.4. The SMILES string of the molecule is C=CCCCc1ccc(CCc2ccc(-c3ccc(COCC=CCC)cc3)cc2)cc1. The Bertz CT molecular complexity index is 947. The third-order valence-corrected chi connectivity index (χ3v) is 5.73. The van der Waals surface area contributed by atoms with Crippen LogP contribution in [0.3, 0.4) is 0 Å². The first-order valence-corrected chi connectivity index (χ1v) is 11.9. The topological polar surface area (TPSA) is 9.23 Å². The Morgan fingerprint density at radius 2 is 1.16 bits per heavy atom. The predicted molar refractivity (Wildman–Crippen MR) is 138 cm³/mol. The molecule has 0 aliphatic rings. The predicted octanol–water partition coefficient (Wildman–Crippen LogP) is 8.13. The summed E-state index contributed by atoms with van der Waals surface area (Å²) in [6.07, 6.45) is 12.8. The van der Waals surface area contributed by atoms with E-state index in [1.54, 1.807) is 0 Å². The summed E-state index contributed by atoms with van der Waals surface area (Å²) in [6.45, 7) is 7.26. The van der Waals surface area contributed by atoms with Gasteiger partial charge in [-0.1, -0.05) is 97.9 Å². The van der Waals surface area contributed by atoms with Gasteiger partial charge in [-0.3, -0.25) is 0 Å². The molecule has 0 atom stereocenters. The number of rotatable bonds is 13. The molecule has 3 aromatic rings. The van der Waals surface area contributed by atoms with E-state index in [-0.39, 0.29) is 0 Å². The Hall–Kier alpha value is -2.90. The number of ether oxygens (including phenoxy) is 1. The molecule has 0 spiro atoms. The second-order valence-corrected chi connectivity index (χ2v) is 8.29. The minimum Gasteiger partial charge on any atom is -0.373 e. The third kappa shape index (κ3) is 7.98. The quantitative estimate of drug-likeness (QED) is 0.199. The largest absolute Gasteiger partial charge is 0.373 e. The van der Waals surface area contributed by atoms with Crippen LogP contribution in [0.15, 0.2) is 97.6 Å². The summed E-state index contributed by atoms with van der Waals surface area (Å²) in [5.74, 6) is 0. The van der Waals surface area contributed by atoms with E-state index in [1.165, 1.54) is 39.8 Å². The van der Waals surface area contributed by atoms with Crippen molar-refractivity contribution in [3.05, 3.63) is 120 Å². The van der Waals surface area contributed by atoms with Gasteiger partial charge in [0.15, 0.2) is 0 Å². The van der Waals surface area contributed by atoms with E-state index in [0.717, 1.165) is 32.1 Å². The lowest BCUT2D eigenvalue weighted by molar-refractivity contribution is 0.148. The number of hydrogen-bond donors (Lipinski definition) is 0. The van der Waals surface area contributed by atoms with Crippen molar-refractivity contribution in [2.45, 2.75) is 52.1 Å². The molecule has 1 heteroatoms. The highest BCUT2D eigenvalue weighted by Crippen LogP contribution is 2.21. The lowest BCUT2D eigenvalue weighted by Gasteiger charge is -2.07. The highest BCUT2D eigenvalue weighted by Gasteiger charge is 2.01. The van der Waals surface area contributed by atoms with Gasteiger partial charge < -0.3 is 4.74 Å². The molecule has 1 nitrogen and oxygen atoms in total. The monoisotopic (exact) mass is 424 g/mol. The number of aryl methyl sites for hydroxylation is 3. The fourth-order valence-electron chi connectivity index (χ4n) is 3.75. The summed E-state index contributed by atoms with van der Waals surface area (Å²) in [5, 5.41) is 0. The van der Waals surface area contributed by atoms with Crippen molar-refractivity contribution in [1.82, 2.24) is 0 Å². The number of hydrogen-bond acceptors (Lipinski definition) is 1. The highest BCUT2D eigenvalue weighted by molar-refractivity contribution is 5.64. The average molecular weight is 425 g/mol. The van der Waals surface area contributed by atoms with Crippen LogP contribution in [0.4, 0.5) is 0 Å². The van der Waals surface area contributed by atoms with E-state index in [0.29, 0.717) is 13.2 Å². The van der Waals surface area contributed by atoms with Gasteiger partial charge in [0.05, 0.1) is 13.2 Å². The Morgan fingerprint density at radius 3 is 1.69 bits per heavy atom. The molecule has 0 saturated heterocycles. The fourth-order valence-corrected chi connectivity index (χ4v) is 3.75. The molecule has 0 heterocycles. The van der Waals surface area contributed by atoms with Crippen molar-refractivity contribution in [2.75, 3.05) is 6.61 Å². The zero-order chi connectivity index (χ0) is 22.4. The Morgan fingerprint density at radius 1 is 0.656 bits per heavy atom. The van der Waals surface area contributed by atoms with Gasteiger partial charge in [0.1, 0.15) is 0 Å². The number of allylic oxidation sites excluding steroid dienone is 2. The van der Waals surface area contributed by atoms with Gasteiger partial charge >= 0.3 is 0 Å². The van der Waals surface area contributed by atoms with Crippen molar-refractivity contribution in [3.8, 4) is 11.1 Å². The Labute approximate surface area is 194 Å². The van der Waals surface area contributed by atoms with E-state index in [4.69, 9.17) is 4.74 Å². The second-order valence-electron chi connectivity index (χ2n) is 8.29. The standard InChI is InChI=1S/C31H36O/c1-3-5-7-9-26-10-12-27(13-11-26)14-15-28-16-20-30(21-17-28)31-22-18-29(19-23-31)25-32-24-8-6-4-2/h3,6,8,10-13,16-23H,1,4-5,7,9,14-15,24-25H2,2H3. The van der Waals surface area contributed by atoms with Gasteiger partial charge in [-0.15, -0.1) is 6.58 Å². The molecule has 0 aliphatic heterocycles.